The molecule has 0 aliphatic carbocycles. The highest BCUT2D eigenvalue weighted by molar-refractivity contribution is 7.85. The average Bonchev–Trinajstić information content (AvgIpc) is 3.03. The minimum Gasteiger partial charge on any atom is -0.427 e. The van der Waals surface area contributed by atoms with Crippen molar-refractivity contribution >= 4 is 16.8 Å². The van der Waals surface area contributed by atoms with Gasteiger partial charge in [0.2, 0.25) is 0 Å². The zero-order valence-corrected chi connectivity index (χ0v) is 20.6. The summed E-state index contributed by atoms with van der Waals surface area (Å²) < 4.78 is 37.8. The third-order valence-corrected chi connectivity index (χ3v) is 6.36. The molecule has 1 aromatic carbocycles. The van der Waals surface area contributed by atoms with Crippen LogP contribution in [0.4, 0.5) is 0 Å². The molecule has 0 amide bonds. The van der Waals surface area contributed by atoms with Gasteiger partial charge in [-0.05, 0) is 52.0 Å². The third-order valence-electron chi connectivity index (χ3n) is 4.93. The summed E-state index contributed by atoms with van der Waals surface area (Å²) in [5, 5.41) is 0. The topological polar surface area (TPSA) is 126 Å². The van der Waals surface area contributed by atoms with Gasteiger partial charge in [-0.25, -0.2) is 4.79 Å². The van der Waals surface area contributed by atoms with Crippen molar-refractivity contribution in [3.05, 3.63) is 57.4 Å². The number of nitrogens with zero attached hydrogens (tertiary/aromatic N) is 1. The number of carbonyl (C=O) groups is 1. The average molecular weight is 495 g/mol. The van der Waals surface area contributed by atoms with Gasteiger partial charge in [0.05, 0.1) is 28.8 Å². The van der Waals surface area contributed by atoms with Crippen LogP contribution in [-0.4, -0.2) is 56.0 Å². The lowest BCUT2D eigenvalue weighted by atomic mass is 10.1. The largest absolute Gasteiger partial charge is 0.427 e. The Balaban J connectivity index is 1.89. The Bertz CT molecular complexity index is 1120. The first kappa shape index (κ1) is 26.0. The second-order valence-corrected chi connectivity index (χ2v) is 9.95. The number of aromatic amines is 1. The molecule has 1 unspecified atom stereocenters. The number of benzene rings is 1. The Labute approximate surface area is 199 Å². The van der Waals surface area contributed by atoms with Gasteiger partial charge in [-0.3, -0.25) is 23.3 Å². The highest BCUT2D eigenvalue weighted by Crippen LogP contribution is 2.35. The van der Waals surface area contributed by atoms with Crippen molar-refractivity contribution in [1.29, 1.82) is 0 Å². The number of nitrogens with one attached hydrogen (secondary N) is 1. The van der Waals surface area contributed by atoms with Crippen LogP contribution in [0.2, 0.25) is 0 Å². The molecule has 1 fully saturated rings. The molecule has 1 aromatic heterocycles. The van der Waals surface area contributed by atoms with Gasteiger partial charge in [-0.1, -0.05) is 0 Å². The maximum atomic E-state index is 13.2. The number of esters is 1. The van der Waals surface area contributed by atoms with E-state index < -0.39 is 52.6 Å². The van der Waals surface area contributed by atoms with E-state index in [9.17, 15) is 18.6 Å². The van der Waals surface area contributed by atoms with Crippen LogP contribution in [0.25, 0.3) is 0 Å². The summed E-state index contributed by atoms with van der Waals surface area (Å²) in [6, 6.07) is 7.60. The minimum atomic E-state index is -1.48. The Morgan fingerprint density at radius 1 is 1.06 bits per heavy atom. The van der Waals surface area contributed by atoms with E-state index in [1.165, 1.54) is 23.8 Å². The molecule has 5 atom stereocenters. The lowest BCUT2D eigenvalue weighted by molar-refractivity contribution is -0.131. The van der Waals surface area contributed by atoms with E-state index in [-0.39, 0.29) is 18.0 Å². The van der Waals surface area contributed by atoms with Crippen LogP contribution in [-0.2, 0) is 29.8 Å². The summed E-state index contributed by atoms with van der Waals surface area (Å²) in [5.41, 5.74) is -1.16. The summed E-state index contributed by atoms with van der Waals surface area (Å²) in [5.74, 6) is -0.00689. The van der Waals surface area contributed by atoms with Gasteiger partial charge in [0.1, 0.15) is 24.1 Å². The second kappa shape index (κ2) is 11.2. The molecule has 34 heavy (non-hydrogen) atoms. The van der Waals surface area contributed by atoms with Crippen molar-refractivity contribution in [2.75, 3.05) is 5.75 Å². The molecule has 10 nitrogen and oxygen atoms in total. The molecule has 1 aliphatic heterocycles. The summed E-state index contributed by atoms with van der Waals surface area (Å²) >= 11 is 0. The van der Waals surface area contributed by atoms with Gasteiger partial charge in [0.25, 0.3) is 5.56 Å². The van der Waals surface area contributed by atoms with Crippen LogP contribution < -0.4 is 16.0 Å². The standard InChI is InChI=1S/C23H30N2O8S/c1-13(2)30-20-18(12-34(29)17-8-6-16(7-9-17)32-15(5)26)33-22(21(20)31-14(3)4)25-11-10-19(27)24-23(25)28/h6-11,13-14,18,20-22H,12H2,1-5H3,(H,24,27,28)/t18-,20-,21-,22-,34?/m1/s1. The molecule has 0 saturated carbocycles. The van der Waals surface area contributed by atoms with Gasteiger partial charge < -0.3 is 18.9 Å². The molecule has 1 aliphatic rings. The first-order valence-electron chi connectivity index (χ1n) is 11.0. The lowest BCUT2D eigenvalue weighted by Crippen LogP contribution is -2.43. The fourth-order valence-electron chi connectivity index (χ4n) is 3.70. The van der Waals surface area contributed by atoms with Gasteiger partial charge in [-0.15, -0.1) is 0 Å². The molecule has 3 rings (SSSR count). The van der Waals surface area contributed by atoms with Crippen LogP contribution >= 0.6 is 0 Å². The Hall–Kier alpha value is -2.60. The molecular weight excluding hydrogens is 464 g/mol. The predicted octanol–water partition coefficient (Wildman–Crippen LogP) is 1.75. The maximum absolute atomic E-state index is 13.2. The van der Waals surface area contributed by atoms with Crippen LogP contribution in [0.15, 0.2) is 51.0 Å². The number of hydrogen-bond donors (Lipinski definition) is 1. The fourth-order valence-corrected chi connectivity index (χ4v) is 4.90. The number of carbonyl (C=O) groups excluding carboxylic acids is 1. The normalized spacial score (nSPS) is 23.4. The Morgan fingerprint density at radius 3 is 2.24 bits per heavy atom. The van der Waals surface area contributed by atoms with Crippen molar-refractivity contribution in [1.82, 2.24) is 9.55 Å². The highest BCUT2D eigenvalue weighted by atomic mass is 32.2. The van der Waals surface area contributed by atoms with Gasteiger partial charge in [0.15, 0.2) is 6.23 Å². The van der Waals surface area contributed by atoms with E-state index >= 15 is 0 Å². The van der Waals surface area contributed by atoms with Crippen LogP contribution in [0.5, 0.6) is 5.75 Å². The predicted molar refractivity (Wildman–Crippen MR) is 124 cm³/mol. The summed E-state index contributed by atoms with van der Waals surface area (Å²) in [6.07, 6.45) is -1.88. The zero-order valence-electron chi connectivity index (χ0n) is 19.8. The fraction of sp³-hybridized carbons (Fsp3) is 0.522. The van der Waals surface area contributed by atoms with Crippen molar-refractivity contribution in [3.63, 3.8) is 0 Å². The van der Waals surface area contributed by atoms with Gasteiger partial charge >= 0.3 is 11.7 Å². The van der Waals surface area contributed by atoms with Gasteiger partial charge in [0, 0.05) is 24.1 Å². The molecule has 0 spiro atoms. The minimum absolute atomic E-state index is 0.0802. The molecule has 186 valence electrons. The number of rotatable bonds is 9. The van der Waals surface area contributed by atoms with Crippen LogP contribution in [0.3, 0.4) is 0 Å². The number of ether oxygens (including phenoxy) is 4. The molecule has 0 bridgehead atoms. The lowest BCUT2D eigenvalue weighted by Gasteiger charge is -2.28. The van der Waals surface area contributed by atoms with Crippen molar-refractivity contribution in [3.8, 4) is 5.75 Å². The van der Waals surface area contributed by atoms with Crippen molar-refractivity contribution in [2.24, 2.45) is 0 Å². The number of H-pyrrole nitrogens is 1. The zero-order chi connectivity index (χ0) is 25.0. The quantitative estimate of drug-likeness (QED) is 0.413. The summed E-state index contributed by atoms with van der Waals surface area (Å²) in [7, 11) is -1.48. The van der Waals surface area contributed by atoms with E-state index in [0.717, 1.165) is 0 Å². The number of hydrogen-bond acceptors (Lipinski definition) is 8. The first-order valence-corrected chi connectivity index (χ1v) is 12.3. The molecule has 11 heteroatoms. The molecular formula is C23H30N2O8S. The molecule has 2 aromatic rings. The van der Waals surface area contributed by atoms with E-state index in [1.54, 1.807) is 24.3 Å². The Morgan fingerprint density at radius 2 is 1.68 bits per heavy atom. The van der Waals surface area contributed by atoms with Crippen molar-refractivity contribution < 1.29 is 28.0 Å². The SMILES string of the molecule is CC(=O)Oc1ccc(S(=O)C[C@H]2O[C@@H](n3ccc(=O)[nH]c3=O)[C@H](OC(C)C)[C@@H]2OC(C)C)cc1. The van der Waals surface area contributed by atoms with E-state index in [4.69, 9.17) is 18.9 Å². The molecule has 0 radical (unpaired) electrons. The molecule has 1 N–H and O–H groups in total. The van der Waals surface area contributed by atoms with Crippen LogP contribution in [0, 0.1) is 0 Å². The third kappa shape index (κ3) is 6.50. The highest BCUT2D eigenvalue weighted by Gasteiger charge is 2.49. The first-order chi connectivity index (χ1) is 16.0. The second-order valence-electron chi connectivity index (χ2n) is 8.46. The van der Waals surface area contributed by atoms with E-state index in [2.05, 4.69) is 4.98 Å². The smallest absolute Gasteiger partial charge is 0.330 e. The number of aromatic nitrogens is 2. The molecule has 2 heterocycles. The maximum Gasteiger partial charge on any atom is 0.330 e. The van der Waals surface area contributed by atoms with E-state index in [0.29, 0.717) is 10.6 Å². The monoisotopic (exact) mass is 494 g/mol. The van der Waals surface area contributed by atoms with E-state index in [1.807, 2.05) is 27.7 Å². The van der Waals surface area contributed by atoms with Crippen LogP contribution in [0.1, 0.15) is 40.8 Å². The molecule has 1 saturated heterocycles. The summed E-state index contributed by atoms with van der Waals surface area (Å²) in [4.78, 5) is 37.9. The Kier molecular flexibility index (Phi) is 8.58. The van der Waals surface area contributed by atoms with Crippen molar-refractivity contribution in [2.45, 2.75) is 76.3 Å². The van der Waals surface area contributed by atoms with Gasteiger partial charge in [-0.2, -0.15) is 0 Å². The summed E-state index contributed by atoms with van der Waals surface area (Å²) in [6.45, 7) is 8.75.